The van der Waals surface area contributed by atoms with Crippen LogP contribution < -0.4 is 16.1 Å². The number of hydrogen-bond acceptors (Lipinski definition) is 7. The van der Waals surface area contributed by atoms with Crippen molar-refractivity contribution in [2.24, 2.45) is 14.1 Å². The number of fused-ring (bicyclic) bond motifs is 1. The molecule has 0 aliphatic carbocycles. The molecule has 0 bridgehead atoms. The Bertz CT molecular complexity index is 1310. The monoisotopic (exact) mass is 405 g/mol. The van der Waals surface area contributed by atoms with Gasteiger partial charge in [0.25, 0.3) is 11.5 Å². The number of nitrogens with zero attached hydrogens (tertiary/aromatic N) is 7. The fraction of sp³-hybridized carbons (Fsp3) is 0.300. The van der Waals surface area contributed by atoms with Crippen LogP contribution in [-0.4, -0.2) is 56.1 Å². The van der Waals surface area contributed by atoms with Gasteiger partial charge in [0.1, 0.15) is 23.2 Å². The summed E-state index contributed by atoms with van der Waals surface area (Å²) in [6.07, 6.45) is 1.64. The van der Waals surface area contributed by atoms with Crippen LogP contribution in [0.5, 0.6) is 0 Å². The Kier molecular flexibility index (Phi) is 4.79. The maximum atomic E-state index is 13.0. The molecule has 30 heavy (non-hydrogen) atoms. The summed E-state index contributed by atoms with van der Waals surface area (Å²) in [4.78, 5) is 49.7. The second-order valence-electron chi connectivity index (χ2n) is 7.04. The number of rotatable bonds is 2. The molecule has 1 saturated heterocycles. The van der Waals surface area contributed by atoms with Crippen molar-refractivity contribution < 1.29 is 4.79 Å². The van der Waals surface area contributed by atoms with Crippen LogP contribution >= 0.6 is 0 Å². The van der Waals surface area contributed by atoms with E-state index in [0.717, 1.165) is 4.57 Å². The molecule has 1 aliphatic heterocycles. The van der Waals surface area contributed by atoms with Gasteiger partial charge in [-0.3, -0.25) is 18.7 Å². The Morgan fingerprint density at radius 1 is 1.07 bits per heavy atom. The molecule has 0 spiro atoms. The number of amides is 1. The molecule has 4 rings (SSSR count). The summed E-state index contributed by atoms with van der Waals surface area (Å²) in [5, 5.41) is 9.54. The number of hydrogen-bond donors (Lipinski definition) is 0. The molecule has 0 N–H and O–H groups in total. The van der Waals surface area contributed by atoms with Crippen LogP contribution in [0.4, 0.5) is 5.82 Å². The molecule has 152 valence electrons. The number of piperazine rings is 1. The average molecular weight is 405 g/mol. The molecule has 10 nitrogen and oxygen atoms in total. The van der Waals surface area contributed by atoms with E-state index in [0.29, 0.717) is 37.6 Å². The van der Waals surface area contributed by atoms with E-state index in [4.69, 9.17) is 0 Å². The van der Waals surface area contributed by atoms with Crippen LogP contribution in [0.15, 0.2) is 40.1 Å². The fourth-order valence-electron chi connectivity index (χ4n) is 3.59. The SMILES string of the molecule is Cn1c(=O)c2ccc(C(=O)N3CCN(c4ncccc4C#N)CC3)nc2n(C)c1=O. The van der Waals surface area contributed by atoms with Crippen molar-refractivity contribution in [3.05, 3.63) is 62.6 Å². The lowest BCUT2D eigenvalue weighted by molar-refractivity contribution is 0.0741. The molecule has 0 unspecified atom stereocenters. The maximum absolute atomic E-state index is 13.0. The number of aryl methyl sites for hydroxylation is 1. The van der Waals surface area contributed by atoms with Crippen LogP contribution in [-0.2, 0) is 14.1 Å². The molecule has 3 aromatic heterocycles. The highest BCUT2D eigenvalue weighted by molar-refractivity contribution is 5.94. The van der Waals surface area contributed by atoms with Crippen LogP contribution in [0.25, 0.3) is 11.0 Å². The quantitative estimate of drug-likeness (QED) is 0.582. The summed E-state index contributed by atoms with van der Waals surface area (Å²) in [6.45, 7) is 1.94. The first-order valence-electron chi connectivity index (χ1n) is 9.38. The summed E-state index contributed by atoms with van der Waals surface area (Å²) in [5.74, 6) is 0.341. The first kappa shape index (κ1) is 19.3. The van der Waals surface area contributed by atoms with Gasteiger partial charge in [-0.15, -0.1) is 0 Å². The minimum absolute atomic E-state index is 0.176. The van der Waals surface area contributed by atoms with E-state index < -0.39 is 11.2 Å². The van der Waals surface area contributed by atoms with Gasteiger partial charge in [0.05, 0.1) is 10.9 Å². The van der Waals surface area contributed by atoms with Crippen molar-refractivity contribution in [3.63, 3.8) is 0 Å². The third kappa shape index (κ3) is 3.10. The lowest BCUT2D eigenvalue weighted by Gasteiger charge is -2.35. The normalized spacial score (nSPS) is 14.0. The van der Waals surface area contributed by atoms with E-state index in [1.807, 2.05) is 4.90 Å². The number of pyridine rings is 2. The Hall–Kier alpha value is -4.00. The Labute approximate surface area is 171 Å². The number of aromatic nitrogens is 4. The molecule has 4 heterocycles. The zero-order chi connectivity index (χ0) is 21.4. The summed E-state index contributed by atoms with van der Waals surface area (Å²) >= 11 is 0. The second kappa shape index (κ2) is 7.44. The Morgan fingerprint density at radius 2 is 1.80 bits per heavy atom. The van der Waals surface area contributed by atoms with Gasteiger partial charge in [0.15, 0.2) is 0 Å². The standard InChI is InChI=1S/C20H19N7O3/c1-24-17-14(18(28)25(2)20(24)30)5-6-15(23-17)19(29)27-10-8-26(9-11-27)16-13(12-21)4-3-7-22-16/h3-7H,8-11H2,1-2H3. The van der Waals surface area contributed by atoms with Gasteiger partial charge in [-0.1, -0.05) is 0 Å². The van der Waals surface area contributed by atoms with Crippen LogP contribution in [0.2, 0.25) is 0 Å². The predicted octanol–water partition coefficient (Wildman–Crippen LogP) is -0.139. The maximum Gasteiger partial charge on any atom is 0.332 e. The largest absolute Gasteiger partial charge is 0.352 e. The number of carbonyl (C=O) groups excluding carboxylic acids is 1. The van der Waals surface area contributed by atoms with Crippen molar-refractivity contribution in [2.45, 2.75) is 0 Å². The molecule has 0 atom stereocenters. The first-order chi connectivity index (χ1) is 14.4. The van der Waals surface area contributed by atoms with Crippen LogP contribution in [0.3, 0.4) is 0 Å². The second-order valence-corrected chi connectivity index (χ2v) is 7.04. The van der Waals surface area contributed by atoms with Crippen molar-refractivity contribution in [1.82, 2.24) is 24.0 Å². The van der Waals surface area contributed by atoms with E-state index >= 15 is 0 Å². The van der Waals surface area contributed by atoms with Gasteiger partial charge in [0, 0.05) is 46.5 Å². The van der Waals surface area contributed by atoms with Gasteiger partial charge < -0.3 is 9.80 Å². The summed E-state index contributed by atoms with van der Waals surface area (Å²) in [6, 6.07) is 8.61. The zero-order valence-corrected chi connectivity index (χ0v) is 16.6. The first-order valence-corrected chi connectivity index (χ1v) is 9.38. The number of carbonyl (C=O) groups is 1. The Morgan fingerprint density at radius 3 is 2.50 bits per heavy atom. The molecule has 0 radical (unpaired) electrons. The van der Waals surface area contributed by atoms with E-state index in [-0.39, 0.29) is 22.6 Å². The smallest absolute Gasteiger partial charge is 0.332 e. The summed E-state index contributed by atoms with van der Waals surface area (Å²) in [7, 11) is 2.92. The van der Waals surface area contributed by atoms with Crippen molar-refractivity contribution in [2.75, 3.05) is 31.1 Å². The van der Waals surface area contributed by atoms with Crippen molar-refractivity contribution in [3.8, 4) is 6.07 Å². The summed E-state index contributed by atoms with van der Waals surface area (Å²) in [5.41, 5.74) is -0.0933. The third-order valence-electron chi connectivity index (χ3n) is 5.29. The van der Waals surface area contributed by atoms with Crippen molar-refractivity contribution >= 4 is 22.8 Å². The topological polar surface area (TPSA) is 117 Å². The lowest BCUT2D eigenvalue weighted by atomic mass is 10.2. The van der Waals surface area contributed by atoms with Crippen molar-refractivity contribution in [1.29, 1.82) is 5.26 Å². The van der Waals surface area contributed by atoms with Gasteiger partial charge >= 0.3 is 5.69 Å². The highest BCUT2D eigenvalue weighted by Crippen LogP contribution is 2.19. The average Bonchev–Trinajstić information content (AvgIpc) is 2.80. The van der Waals surface area contributed by atoms with Crippen LogP contribution in [0.1, 0.15) is 16.1 Å². The molecular weight excluding hydrogens is 386 g/mol. The molecular formula is C20H19N7O3. The molecule has 3 aromatic rings. The summed E-state index contributed by atoms with van der Waals surface area (Å²) < 4.78 is 2.27. The zero-order valence-electron chi connectivity index (χ0n) is 16.6. The highest BCUT2D eigenvalue weighted by atomic mass is 16.2. The molecule has 10 heteroatoms. The number of anilines is 1. The third-order valence-corrected chi connectivity index (χ3v) is 5.29. The molecule has 0 saturated carbocycles. The lowest BCUT2D eigenvalue weighted by Crippen LogP contribution is -2.49. The van der Waals surface area contributed by atoms with E-state index in [1.54, 1.807) is 23.2 Å². The van der Waals surface area contributed by atoms with Gasteiger partial charge in [-0.2, -0.15) is 5.26 Å². The Balaban J connectivity index is 1.58. The van der Waals surface area contributed by atoms with E-state index in [2.05, 4.69) is 16.0 Å². The van der Waals surface area contributed by atoms with E-state index in [9.17, 15) is 19.6 Å². The molecule has 0 aromatic carbocycles. The van der Waals surface area contributed by atoms with Crippen LogP contribution in [0, 0.1) is 11.3 Å². The van der Waals surface area contributed by atoms with Gasteiger partial charge in [-0.05, 0) is 24.3 Å². The molecule has 1 amide bonds. The van der Waals surface area contributed by atoms with Gasteiger partial charge in [-0.25, -0.2) is 14.8 Å². The fourth-order valence-corrected chi connectivity index (χ4v) is 3.59. The highest BCUT2D eigenvalue weighted by Gasteiger charge is 2.25. The van der Waals surface area contributed by atoms with Gasteiger partial charge in [0.2, 0.25) is 0 Å². The minimum Gasteiger partial charge on any atom is -0.352 e. The predicted molar refractivity (Wildman–Crippen MR) is 109 cm³/mol. The van der Waals surface area contributed by atoms with E-state index in [1.165, 1.54) is 30.8 Å². The minimum atomic E-state index is -0.498. The molecule has 1 aliphatic rings. The number of nitriles is 1. The molecule has 1 fully saturated rings.